The molecule has 4 nitrogen and oxygen atoms in total. The number of aryl methyl sites for hydroxylation is 3. The molecule has 2 aromatic rings. The summed E-state index contributed by atoms with van der Waals surface area (Å²) in [5.41, 5.74) is 1.21. The first-order valence-electron chi connectivity index (χ1n) is 7.26. The molecule has 0 aliphatic rings. The van der Waals surface area contributed by atoms with Crippen LogP contribution in [0.4, 0.5) is 10.1 Å². The molecule has 7 heteroatoms. The van der Waals surface area contributed by atoms with Gasteiger partial charge in [0, 0.05) is 20.0 Å². The van der Waals surface area contributed by atoms with Crippen LogP contribution in [-0.4, -0.2) is 23.8 Å². The zero-order chi connectivity index (χ0) is 16.5. The topological polar surface area (TPSA) is 46.9 Å². The lowest BCUT2D eigenvalue weighted by molar-refractivity contribution is 0.102. The molecule has 2 heterocycles. The standard InChI is InChI=1S/C15H22FN3OSSi/c1-10-13(14(16)19(2)18-10)15(20)17-11-6-8-21-12(11)7-9-22(3,4)5/h6,8H,7,9H2,1-5H3,(H,17,20). The lowest BCUT2D eigenvalue weighted by Gasteiger charge is -2.15. The molecule has 2 aromatic heterocycles. The molecule has 0 atom stereocenters. The van der Waals surface area contributed by atoms with Gasteiger partial charge in [0.25, 0.3) is 5.91 Å². The van der Waals surface area contributed by atoms with E-state index in [-0.39, 0.29) is 5.56 Å². The zero-order valence-electron chi connectivity index (χ0n) is 13.7. The van der Waals surface area contributed by atoms with Gasteiger partial charge in [-0.25, -0.2) is 4.68 Å². The highest BCUT2D eigenvalue weighted by Gasteiger charge is 2.22. The van der Waals surface area contributed by atoms with Crippen molar-refractivity contribution in [3.63, 3.8) is 0 Å². The number of anilines is 1. The number of amides is 1. The molecular formula is C15H22FN3OSSi. The number of carbonyl (C=O) groups excluding carboxylic acids is 1. The van der Waals surface area contributed by atoms with Crippen LogP contribution in [0.1, 0.15) is 20.9 Å². The van der Waals surface area contributed by atoms with Crippen molar-refractivity contribution in [1.29, 1.82) is 0 Å². The lowest BCUT2D eigenvalue weighted by atomic mass is 10.2. The van der Waals surface area contributed by atoms with E-state index in [4.69, 9.17) is 0 Å². The number of rotatable bonds is 5. The first-order chi connectivity index (χ1) is 10.2. The molecule has 0 unspecified atom stereocenters. The molecule has 0 aliphatic heterocycles. The minimum atomic E-state index is -1.13. The number of aromatic nitrogens is 2. The van der Waals surface area contributed by atoms with Crippen molar-refractivity contribution >= 4 is 31.0 Å². The Morgan fingerprint density at radius 2 is 2.14 bits per heavy atom. The number of carbonyl (C=O) groups is 1. The van der Waals surface area contributed by atoms with Crippen LogP contribution in [0.25, 0.3) is 0 Å². The van der Waals surface area contributed by atoms with Crippen LogP contribution in [0.5, 0.6) is 0 Å². The second-order valence-electron chi connectivity index (χ2n) is 6.65. The van der Waals surface area contributed by atoms with Gasteiger partial charge in [-0.15, -0.1) is 11.3 Å². The number of hydrogen-bond donors (Lipinski definition) is 1. The van der Waals surface area contributed by atoms with E-state index in [0.29, 0.717) is 5.69 Å². The summed E-state index contributed by atoms with van der Waals surface area (Å²) in [6.07, 6.45) is 0.956. The SMILES string of the molecule is Cc1nn(C)c(F)c1C(=O)Nc1ccsc1CC[Si](C)(C)C. The van der Waals surface area contributed by atoms with Gasteiger partial charge >= 0.3 is 0 Å². The Morgan fingerprint density at radius 3 is 2.68 bits per heavy atom. The third-order valence-electron chi connectivity index (χ3n) is 3.47. The summed E-state index contributed by atoms with van der Waals surface area (Å²) in [6.45, 7) is 8.62. The van der Waals surface area contributed by atoms with Crippen molar-refractivity contribution in [2.45, 2.75) is 39.0 Å². The smallest absolute Gasteiger partial charge is 0.262 e. The van der Waals surface area contributed by atoms with Crippen molar-refractivity contribution in [3.8, 4) is 0 Å². The molecule has 0 radical (unpaired) electrons. The Kier molecular flexibility index (Phi) is 4.86. The third-order valence-corrected chi connectivity index (χ3v) is 6.21. The fourth-order valence-electron chi connectivity index (χ4n) is 2.21. The van der Waals surface area contributed by atoms with E-state index >= 15 is 0 Å². The minimum absolute atomic E-state index is 0.0184. The Morgan fingerprint density at radius 1 is 1.45 bits per heavy atom. The quantitative estimate of drug-likeness (QED) is 0.835. The molecule has 2 rings (SSSR count). The fraction of sp³-hybridized carbons (Fsp3) is 0.467. The summed E-state index contributed by atoms with van der Waals surface area (Å²) in [6, 6.07) is 3.04. The highest BCUT2D eigenvalue weighted by Crippen LogP contribution is 2.27. The molecule has 1 amide bonds. The molecule has 22 heavy (non-hydrogen) atoms. The van der Waals surface area contributed by atoms with Crippen LogP contribution in [-0.2, 0) is 13.5 Å². The highest BCUT2D eigenvalue weighted by atomic mass is 32.1. The zero-order valence-corrected chi connectivity index (χ0v) is 15.5. The maximum Gasteiger partial charge on any atom is 0.262 e. The maximum absolute atomic E-state index is 14.0. The summed E-state index contributed by atoms with van der Waals surface area (Å²) in [5.74, 6) is -1.04. The Labute approximate surface area is 135 Å². The predicted octanol–water partition coefficient (Wildman–Crippen LogP) is 4.06. The summed E-state index contributed by atoms with van der Waals surface area (Å²) in [7, 11) is 0.355. The van der Waals surface area contributed by atoms with E-state index in [1.54, 1.807) is 18.3 Å². The molecule has 0 bridgehead atoms. The predicted molar refractivity (Wildman–Crippen MR) is 92.0 cm³/mol. The van der Waals surface area contributed by atoms with E-state index in [1.165, 1.54) is 7.05 Å². The van der Waals surface area contributed by atoms with Crippen LogP contribution < -0.4 is 5.32 Å². The van der Waals surface area contributed by atoms with Gasteiger partial charge in [-0.1, -0.05) is 25.7 Å². The summed E-state index contributed by atoms with van der Waals surface area (Å²) < 4.78 is 15.0. The van der Waals surface area contributed by atoms with Crippen LogP contribution in [0.15, 0.2) is 11.4 Å². The number of hydrogen-bond acceptors (Lipinski definition) is 3. The van der Waals surface area contributed by atoms with Crippen LogP contribution in [0.2, 0.25) is 25.7 Å². The molecule has 1 N–H and O–H groups in total. The summed E-state index contributed by atoms with van der Waals surface area (Å²) in [4.78, 5) is 13.5. The van der Waals surface area contributed by atoms with Gasteiger partial charge in [-0.2, -0.15) is 9.49 Å². The van der Waals surface area contributed by atoms with Crippen LogP contribution in [0.3, 0.4) is 0 Å². The van der Waals surface area contributed by atoms with Gasteiger partial charge in [-0.05, 0) is 24.8 Å². The molecule has 0 aromatic carbocycles. The van der Waals surface area contributed by atoms with E-state index in [2.05, 4.69) is 30.1 Å². The molecule has 0 aliphatic carbocycles. The largest absolute Gasteiger partial charge is 0.321 e. The van der Waals surface area contributed by atoms with Gasteiger partial charge in [0.15, 0.2) is 0 Å². The molecule has 0 saturated heterocycles. The molecule has 120 valence electrons. The minimum Gasteiger partial charge on any atom is -0.321 e. The van der Waals surface area contributed by atoms with Crippen LogP contribution >= 0.6 is 11.3 Å². The van der Waals surface area contributed by atoms with Gasteiger partial charge in [0.1, 0.15) is 5.56 Å². The van der Waals surface area contributed by atoms with Gasteiger partial charge < -0.3 is 5.32 Å². The molecule has 0 saturated carbocycles. The first-order valence-corrected chi connectivity index (χ1v) is 11.8. The number of halogens is 1. The summed E-state index contributed by atoms with van der Waals surface area (Å²) >= 11 is 1.63. The number of thiophene rings is 1. The normalized spacial score (nSPS) is 11.7. The second kappa shape index (κ2) is 6.34. The van der Waals surface area contributed by atoms with Gasteiger partial charge in [0.2, 0.25) is 5.95 Å². The van der Waals surface area contributed by atoms with Crippen molar-refractivity contribution < 1.29 is 9.18 Å². The Balaban J connectivity index is 2.14. The second-order valence-corrected chi connectivity index (χ2v) is 13.3. The van der Waals surface area contributed by atoms with Crippen LogP contribution in [0, 0.1) is 12.9 Å². The maximum atomic E-state index is 14.0. The first kappa shape index (κ1) is 16.9. The van der Waals surface area contributed by atoms with E-state index < -0.39 is 19.9 Å². The average Bonchev–Trinajstić information content (AvgIpc) is 2.92. The van der Waals surface area contributed by atoms with Gasteiger partial charge in [-0.3, -0.25) is 4.79 Å². The van der Waals surface area contributed by atoms with E-state index in [9.17, 15) is 9.18 Å². The number of nitrogens with zero attached hydrogens (tertiary/aromatic N) is 2. The van der Waals surface area contributed by atoms with Crippen molar-refractivity contribution in [2.75, 3.05) is 5.32 Å². The van der Waals surface area contributed by atoms with E-state index in [0.717, 1.165) is 27.7 Å². The highest BCUT2D eigenvalue weighted by molar-refractivity contribution is 7.10. The van der Waals surface area contributed by atoms with Gasteiger partial charge in [0.05, 0.1) is 11.4 Å². The summed E-state index contributed by atoms with van der Waals surface area (Å²) in [5, 5.41) is 8.73. The Hall–Kier alpha value is -1.47. The Bertz CT molecular complexity index is 688. The van der Waals surface area contributed by atoms with Crippen molar-refractivity contribution in [3.05, 3.63) is 33.5 Å². The van der Waals surface area contributed by atoms with Crippen molar-refractivity contribution in [1.82, 2.24) is 9.78 Å². The van der Waals surface area contributed by atoms with E-state index in [1.807, 2.05) is 11.4 Å². The lowest BCUT2D eigenvalue weighted by Crippen LogP contribution is -2.20. The monoisotopic (exact) mass is 339 g/mol. The average molecular weight is 340 g/mol. The van der Waals surface area contributed by atoms with Crippen molar-refractivity contribution in [2.24, 2.45) is 7.05 Å². The molecule has 0 fully saturated rings. The number of nitrogens with one attached hydrogen (secondary N) is 1. The molecular weight excluding hydrogens is 317 g/mol. The molecule has 0 spiro atoms. The fourth-order valence-corrected chi connectivity index (χ4v) is 4.22. The third kappa shape index (κ3) is 3.83.